The number of likely N-dealkylation sites (N-methyl/N-ethyl adjacent to an activating group) is 1. The Bertz CT molecular complexity index is 218. The minimum absolute atomic E-state index is 0.238. The molecule has 1 unspecified atom stereocenters. The average molecular weight is 227 g/mol. The maximum atomic E-state index is 11.4. The molecule has 1 fully saturated rings. The van der Waals surface area contributed by atoms with E-state index in [0.717, 1.165) is 19.5 Å². The van der Waals surface area contributed by atoms with Crippen molar-refractivity contribution < 1.29 is 4.79 Å². The quantitative estimate of drug-likeness (QED) is 0.744. The summed E-state index contributed by atoms with van der Waals surface area (Å²) in [6.07, 6.45) is 4.21. The molecule has 0 aliphatic carbocycles. The molecule has 1 saturated heterocycles. The topological polar surface area (TPSA) is 35.6 Å². The lowest BCUT2D eigenvalue weighted by atomic mass is 10.1. The number of hydrogen-bond acceptors (Lipinski definition) is 3. The summed E-state index contributed by atoms with van der Waals surface area (Å²) in [5, 5.41) is 3.33. The van der Waals surface area contributed by atoms with Gasteiger partial charge in [0.25, 0.3) is 0 Å². The summed E-state index contributed by atoms with van der Waals surface area (Å²) in [6.45, 7) is 3.37. The van der Waals surface area contributed by atoms with Gasteiger partial charge in [-0.2, -0.15) is 0 Å². The van der Waals surface area contributed by atoms with Gasteiger partial charge in [0, 0.05) is 33.1 Å². The zero-order chi connectivity index (χ0) is 12.0. The molecule has 0 aromatic rings. The molecule has 0 saturated carbocycles. The summed E-state index contributed by atoms with van der Waals surface area (Å²) >= 11 is 0. The Hall–Kier alpha value is -0.610. The summed E-state index contributed by atoms with van der Waals surface area (Å²) in [4.78, 5) is 15.5. The van der Waals surface area contributed by atoms with E-state index in [1.807, 2.05) is 21.1 Å². The first-order chi connectivity index (χ1) is 7.63. The SMILES string of the molecule is CNC1CCCN(CCCC(=O)N(C)C)C1. The van der Waals surface area contributed by atoms with Gasteiger partial charge in [-0.1, -0.05) is 0 Å². The van der Waals surface area contributed by atoms with Crippen molar-refractivity contribution in [3.63, 3.8) is 0 Å². The van der Waals surface area contributed by atoms with Gasteiger partial charge in [0.05, 0.1) is 0 Å². The highest BCUT2D eigenvalue weighted by Gasteiger charge is 2.17. The maximum Gasteiger partial charge on any atom is 0.222 e. The Morgan fingerprint density at radius 3 is 2.88 bits per heavy atom. The number of amides is 1. The fraction of sp³-hybridized carbons (Fsp3) is 0.917. The van der Waals surface area contributed by atoms with Crippen LogP contribution in [-0.4, -0.2) is 62.5 Å². The van der Waals surface area contributed by atoms with E-state index in [-0.39, 0.29) is 5.91 Å². The van der Waals surface area contributed by atoms with Crippen LogP contribution in [0.2, 0.25) is 0 Å². The molecular formula is C12H25N3O. The van der Waals surface area contributed by atoms with Crippen LogP contribution in [0.5, 0.6) is 0 Å². The largest absolute Gasteiger partial charge is 0.349 e. The second-order valence-electron chi connectivity index (χ2n) is 4.82. The maximum absolute atomic E-state index is 11.4. The molecule has 1 rings (SSSR count). The standard InChI is InChI=1S/C12H25N3O/c1-13-11-6-4-8-15(10-11)9-5-7-12(16)14(2)3/h11,13H,4-10H2,1-3H3. The summed E-state index contributed by atoms with van der Waals surface area (Å²) < 4.78 is 0. The van der Waals surface area contributed by atoms with Crippen molar-refractivity contribution in [3.05, 3.63) is 0 Å². The third kappa shape index (κ3) is 4.49. The molecule has 94 valence electrons. The van der Waals surface area contributed by atoms with Crippen LogP contribution in [0, 0.1) is 0 Å². The molecule has 0 aromatic carbocycles. The molecule has 1 heterocycles. The number of piperidine rings is 1. The fourth-order valence-corrected chi connectivity index (χ4v) is 2.17. The molecule has 1 N–H and O–H groups in total. The first-order valence-electron chi connectivity index (χ1n) is 6.23. The number of likely N-dealkylation sites (tertiary alicyclic amines) is 1. The Morgan fingerprint density at radius 1 is 1.50 bits per heavy atom. The van der Waals surface area contributed by atoms with Crippen LogP contribution in [0.3, 0.4) is 0 Å². The number of nitrogens with zero attached hydrogens (tertiary/aromatic N) is 2. The first-order valence-corrected chi connectivity index (χ1v) is 6.23. The van der Waals surface area contributed by atoms with Crippen molar-refractivity contribution in [1.82, 2.24) is 15.1 Å². The Balaban J connectivity index is 2.15. The molecule has 4 nitrogen and oxygen atoms in total. The van der Waals surface area contributed by atoms with E-state index in [4.69, 9.17) is 0 Å². The van der Waals surface area contributed by atoms with E-state index in [9.17, 15) is 4.79 Å². The van der Waals surface area contributed by atoms with E-state index >= 15 is 0 Å². The average Bonchev–Trinajstić information content (AvgIpc) is 2.29. The van der Waals surface area contributed by atoms with E-state index in [2.05, 4.69) is 10.2 Å². The number of rotatable bonds is 5. The van der Waals surface area contributed by atoms with Crippen LogP contribution in [-0.2, 0) is 4.79 Å². The van der Waals surface area contributed by atoms with Crippen molar-refractivity contribution in [2.75, 3.05) is 40.8 Å². The summed E-state index contributed by atoms with van der Waals surface area (Å²) in [6, 6.07) is 0.637. The fourth-order valence-electron chi connectivity index (χ4n) is 2.17. The van der Waals surface area contributed by atoms with Gasteiger partial charge < -0.3 is 15.1 Å². The van der Waals surface area contributed by atoms with Crippen LogP contribution in [0.4, 0.5) is 0 Å². The lowest BCUT2D eigenvalue weighted by molar-refractivity contribution is -0.128. The zero-order valence-corrected chi connectivity index (χ0v) is 10.8. The number of hydrogen-bond donors (Lipinski definition) is 1. The van der Waals surface area contributed by atoms with Gasteiger partial charge in [0.1, 0.15) is 0 Å². The minimum atomic E-state index is 0.238. The smallest absolute Gasteiger partial charge is 0.222 e. The zero-order valence-electron chi connectivity index (χ0n) is 10.8. The highest BCUT2D eigenvalue weighted by molar-refractivity contribution is 5.75. The van der Waals surface area contributed by atoms with E-state index in [0.29, 0.717) is 12.5 Å². The normalized spacial score (nSPS) is 22.1. The molecule has 1 atom stereocenters. The molecule has 0 spiro atoms. The molecule has 0 bridgehead atoms. The highest BCUT2D eigenvalue weighted by atomic mass is 16.2. The number of carbonyl (C=O) groups excluding carboxylic acids is 1. The minimum Gasteiger partial charge on any atom is -0.349 e. The molecule has 16 heavy (non-hydrogen) atoms. The molecule has 0 radical (unpaired) electrons. The van der Waals surface area contributed by atoms with Crippen molar-refractivity contribution in [2.45, 2.75) is 31.7 Å². The van der Waals surface area contributed by atoms with Crippen molar-refractivity contribution in [3.8, 4) is 0 Å². The van der Waals surface area contributed by atoms with Gasteiger partial charge in [-0.05, 0) is 39.4 Å². The van der Waals surface area contributed by atoms with Gasteiger partial charge in [-0.3, -0.25) is 4.79 Å². The summed E-state index contributed by atoms with van der Waals surface area (Å²) in [7, 11) is 5.67. The van der Waals surface area contributed by atoms with Gasteiger partial charge in [-0.25, -0.2) is 0 Å². The van der Waals surface area contributed by atoms with Crippen LogP contribution in [0.25, 0.3) is 0 Å². The predicted molar refractivity (Wildman–Crippen MR) is 66.4 cm³/mol. The van der Waals surface area contributed by atoms with Crippen LogP contribution < -0.4 is 5.32 Å². The van der Waals surface area contributed by atoms with Gasteiger partial charge in [0.15, 0.2) is 0 Å². The van der Waals surface area contributed by atoms with Gasteiger partial charge >= 0.3 is 0 Å². The monoisotopic (exact) mass is 227 g/mol. The Labute approximate surface area is 99.0 Å². The van der Waals surface area contributed by atoms with Crippen LogP contribution in [0.15, 0.2) is 0 Å². The van der Waals surface area contributed by atoms with Gasteiger partial charge in [0.2, 0.25) is 5.91 Å². The van der Waals surface area contributed by atoms with E-state index < -0.39 is 0 Å². The van der Waals surface area contributed by atoms with E-state index in [1.54, 1.807) is 4.90 Å². The molecule has 1 amide bonds. The third-order valence-electron chi connectivity index (χ3n) is 3.28. The summed E-state index contributed by atoms with van der Waals surface area (Å²) in [5.74, 6) is 0.238. The molecule has 1 aliphatic heterocycles. The Morgan fingerprint density at radius 2 is 2.25 bits per heavy atom. The Kier molecular flexibility index (Phi) is 5.77. The van der Waals surface area contributed by atoms with Crippen LogP contribution >= 0.6 is 0 Å². The van der Waals surface area contributed by atoms with E-state index in [1.165, 1.54) is 19.4 Å². The van der Waals surface area contributed by atoms with Crippen molar-refractivity contribution in [2.24, 2.45) is 0 Å². The lowest BCUT2D eigenvalue weighted by Gasteiger charge is -2.32. The molecular weight excluding hydrogens is 202 g/mol. The number of nitrogens with one attached hydrogen (secondary N) is 1. The second-order valence-corrected chi connectivity index (χ2v) is 4.82. The lowest BCUT2D eigenvalue weighted by Crippen LogP contribution is -2.44. The molecule has 4 heteroatoms. The highest BCUT2D eigenvalue weighted by Crippen LogP contribution is 2.10. The first kappa shape index (κ1) is 13.5. The van der Waals surface area contributed by atoms with Crippen molar-refractivity contribution >= 4 is 5.91 Å². The third-order valence-corrected chi connectivity index (χ3v) is 3.28. The molecule has 1 aliphatic rings. The molecule has 0 aromatic heterocycles. The van der Waals surface area contributed by atoms with Gasteiger partial charge in [-0.15, -0.1) is 0 Å². The predicted octanol–water partition coefficient (Wildman–Crippen LogP) is 0.539. The second kappa shape index (κ2) is 6.86. The van der Waals surface area contributed by atoms with Crippen LogP contribution in [0.1, 0.15) is 25.7 Å². The summed E-state index contributed by atoms with van der Waals surface area (Å²) in [5.41, 5.74) is 0. The van der Waals surface area contributed by atoms with Crippen molar-refractivity contribution in [1.29, 1.82) is 0 Å². The number of carbonyl (C=O) groups is 1.